The largest absolute Gasteiger partial charge is 0.417 e. The Balaban J connectivity index is 1.78. The van der Waals surface area contributed by atoms with Crippen LogP contribution in [0.4, 0.5) is 5.69 Å². The van der Waals surface area contributed by atoms with E-state index in [-0.39, 0.29) is 0 Å². The van der Waals surface area contributed by atoms with Gasteiger partial charge in [0.2, 0.25) is 0 Å². The number of hydrogen-bond donors (Lipinski definition) is 3. The topological polar surface area (TPSA) is 101 Å². The van der Waals surface area contributed by atoms with Gasteiger partial charge in [-0.1, -0.05) is 12.1 Å². The lowest BCUT2D eigenvalue weighted by molar-refractivity contribution is 0.555. The van der Waals surface area contributed by atoms with Crippen LogP contribution in [0.5, 0.6) is 0 Å². The molecule has 0 spiro atoms. The summed E-state index contributed by atoms with van der Waals surface area (Å²) < 4.78 is 4.98. The van der Waals surface area contributed by atoms with E-state index in [0.717, 1.165) is 21.1 Å². The van der Waals surface area contributed by atoms with Gasteiger partial charge < -0.3 is 15.1 Å². The Morgan fingerprint density at radius 1 is 1.14 bits per heavy atom. The molecule has 2 aromatic carbocycles. The Bertz CT molecular complexity index is 982. The summed E-state index contributed by atoms with van der Waals surface area (Å²) in [5, 5.41) is 0.744. The van der Waals surface area contributed by atoms with Crippen LogP contribution >= 0.6 is 11.8 Å². The van der Waals surface area contributed by atoms with Gasteiger partial charge in [0.25, 0.3) is 0 Å². The van der Waals surface area contributed by atoms with E-state index in [1.54, 1.807) is 12.1 Å². The van der Waals surface area contributed by atoms with Crippen LogP contribution in [-0.4, -0.2) is 15.0 Å². The Hall–Kier alpha value is -2.67. The Morgan fingerprint density at radius 2 is 2.00 bits per heavy atom. The van der Waals surface area contributed by atoms with Gasteiger partial charge in [-0.05, 0) is 30.0 Å². The fourth-order valence-electron chi connectivity index (χ4n) is 2.16. The lowest BCUT2D eigenvalue weighted by Gasteiger charge is -2.02. The summed E-state index contributed by atoms with van der Waals surface area (Å²) in [7, 11) is 0. The van der Waals surface area contributed by atoms with Crippen LogP contribution in [0.2, 0.25) is 0 Å². The third kappa shape index (κ3) is 2.07. The number of oxazole rings is 1. The van der Waals surface area contributed by atoms with E-state index in [4.69, 9.17) is 10.2 Å². The quantitative estimate of drug-likeness (QED) is 0.494. The fourth-order valence-corrected chi connectivity index (χ4v) is 3.03. The predicted molar refractivity (Wildman–Crippen MR) is 81.5 cm³/mol. The van der Waals surface area contributed by atoms with Crippen molar-refractivity contribution in [1.82, 2.24) is 15.0 Å². The van der Waals surface area contributed by atoms with Crippen LogP contribution in [0.1, 0.15) is 0 Å². The number of H-pyrrole nitrogens is 2. The maximum absolute atomic E-state index is 11.2. The minimum absolute atomic E-state index is 0.450. The van der Waals surface area contributed by atoms with Gasteiger partial charge in [0.05, 0.1) is 16.6 Å². The first-order valence-electron chi connectivity index (χ1n) is 6.24. The molecule has 4 aromatic rings. The normalized spacial score (nSPS) is 11.4. The third-order valence-electron chi connectivity index (χ3n) is 3.13. The lowest BCUT2D eigenvalue weighted by Crippen LogP contribution is -1.93. The SMILES string of the molecule is Nc1cc2oc(=O)[nH]c2cc1Sc1nc2ccccc2[nH]1. The molecule has 0 amide bonds. The first-order valence-corrected chi connectivity index (χ1v) is 7.06. The highest BCUT2D eigenvalue weighted by Gasteiger charge is 2.10. The van der Waals surface area contributed by atoms with Gasteiger partial charge in [0.1, 0.15) is 0 Å². The standard InChI is InChI=1S/C14H10N4O2S/c15-7-5-11-10(18-14(19)20-11)6-12(7)21-13-16-8-3-1-2-4-9(8)17-13/h1-6H,15H2,(H,16,17)(H,18,19). The number of benzene rings is 2. The first kappa shape index (κ1) is 12.1. The number of aromatic amines is 2. The van der Waals surface area contributed by atoms with E-state index in [2.05, 4.69) is 15.0 Å². The molecule has 4 N–H and O–H groups in total. The highest BCUT2D eigenvalue weighted by molar-refractivity contribution is 7.99. The minimum atomic E-state index is -0.490. The van der Waals surface area contributed by atoms with E-state index in [1.165, 1.54) is 11.8 Å². The van der Waals surface area contributed by atoms with E-state index in [1.807, 2.05) is 24.3 Å². The van der Waals surface area contributed by atoms with Crippen molar-refractivity contribution in [3.8, 4) is 0 Å². The molecule has 0 aliphatic carbocycles. The maximum atomic E-state index is 11.2. The highest BCUT2D eigenvalue weighted by Crippen LogP contribution is 2.33. The number of hydrogen-bond acceptors (Lipinski definition) is 5. The van der Waals surface area contributed by atoms with E-state index < -0.39 is 5.76 Å². The maximum Gasteiger partial charge on any atom is 0.417 e. The van der Waals surface area contributed by atoms with Crippen LogP contribution in [0, 0.1) is 0 Å². The number of rotatable bonds is 2. The van der Waals surface area contributed by atoms with Crippen LogP contribution < -0.4 is 11.5 Å². The Morgan fingerprint density at radius 3 is 2.86 bits per heavy atom. The molecule has 6 nitrogen and oxygen atoms in total. The van der Waals surface area contributed by atoms with E-state index >= 15 is 0 Å². The van der Waals surface area contributed by atoms with Crippen molar-refractivity contribution >= 4 is 39.6 Å². The first-order chi connectivity index (χ1) is 10.2. The van der Waals surface area contributed by atoms with Crippen LogP contribution in [0.25, 0.3) is 22.1 Å². The predicted octanol–water partition coefficient (Wildman–Crippen LogP) is 2.73. The molecule has 0 radical (unpaired) electrons. The fraction of sp³-hybridized carbons (Fsp3) is 0. The summed E-state index contributed by atoms with van der Waals surface area (Å²) in [6, 6.07) is 11.2. The number of anilines is 1. The Kier molecular flexibility index (Phi) is 2.55. The molecule has 0 bridgehead atoms. The number of imidazole rings is 1. The second kappa shape index (κ2) is 4.42. The van der Waals surface area contributed by atoms with Crippen molar-refractivity contribution in [3.05, 3.63) is 46.9 Å². The van der Waals surface area contributed by atoms with Crippen molar-refractivity contribution in [3.63, 3.8) is 0 Å². The van der Waals surface area contributed by atoms with Gasteiger partial charge in [-0.2, -0.15) is 0 Å². The Labute approximate surface area is 122 Å². The molecule has 4 rings (SSSR count). The summed E-state index contributed by atoms with van der Waals surface area (Å²) in [4.78, 5) is 22.3. The molecule has 0 saturated heterocycles. The molecule has 0 aliphatic heterocycles. The van der Waals surface area contributed by atoms with E-state index in [9.17, 15) is 4.79 Å². The van der Waals surface area contributed by atoms with E-state index in [0.29, 0.717) is 16.8 Å². The smallest absolute Gasteiger partial charge is 0.408 e. The molecule has 0 atom stereocenters. The number of nitrogen functional groups attached to an aromatic ring is 1. The molecule has 0 fully saturated rings. The zero-order chi connectivity index (χ0) is 14.4. The third-order valence-corrected chi connectivity index (χ3v) is 4.09. The van der Waals surface area contributed by atoms with Crippen molar-refractivity contribution in [2.45, 2.75) is 10.1 Å². The van der Waals surface area contributed by atoms with Gasteiger partial charge in [0, 0.05) is 16.6 Å². The zero-order valence-electron chi connectivity index (χ0n) is 10.7. The molecule has 2 heterocycles. The number of fused-ring (bicyclic) bond motifs is 2. The summed E-state index contributed by atoms with van der Waals surface area (Å²) in [5.41, 5.74) is 9.47. The number of nitrogens with two attached hydrogens (primary N) is 1. The van der Waals surface area contributed by atoms with Crippen LogP contribution in [-0.2, 0) is 0 Å². The molecule has 21 heavy (non-hydrogen) atoms. The minimum Gasteiger partial charge on any atom is -0.408 e. The van der Waals surface area contributed by atoms with Crippen molar-refractivity contribution in [2.75, 3.05) is 5.73 Å². The number of para-hydroxylation sites is 2. The molecule has 7 heteroatoms. The van der Waals surface area contributed by atoms with Gasteiger partial charge in [-0.15, -0.1) is 0 Å². The number of nitrogens with one attached hydrogen (secondary N) is 2. The summed E-state index contributed by atoms with van der Waals surface area (Å²) in [6.45, 7) is 0. The van der Waals surface area contributed by atoms with Gasteiger partial charge in [0.15, 0.2) is 10.7 Å². The van der Waals surface area contributed by atoms with Crippen molar-refractivity contribution in [2.24, 2.45) is 0 Å². The van der Waals surface area contributed by atoms with Crippen LogP contribution in [0.15, 0.2) is 55.7 Å². The molecule has 2 aromatic heterocycles. The average Bonchev–Trinajstić information content (AvgIpc) is 3.00. The van der Waals surface area contributed by atoms with Crippen LogP contribution in [0.3, 0.4) is 0 Å². The zero-order valence-corrected chi connectivity index (χ0v) is 11.5. The second-order valence-electron chi connectivity index (χ2n) is 4.56. The molecule has 0 aliphatic rings. The summed E-state index contributed by atoms with van der Waals surface area (Å²) >= 11 is 1.41. The molecule has 0 unspecified atom stereocenters. The highest BCUT2D eigenvalue weighted by atomic mass is 32.2. The van der Waals surface area contributed by atoms with Gasteiger partial charge in [-0.25, -0.2) is 9.78 Å². The lowest BCUT2D eigenvalue weighted by atomic mass is 10.3. The van der Waals surface area contributed by atoms with Gasteiger partial charge >= 0.3 is 5.76 Å². The second-order valence-corrected chi connectivity index (χ2v) is 5.59. The van der Waals surface area contributed by atoms with Crippen molar-refractivity contribution < 1.29 is 4.42 Å². The number of aromatic nitrogens is 3. The summed E-state index contributed by atoms with van der Waals surface area (Å²) in [6.07, 6.45) is 0. The average molecular weight is 298 g/mol. The molecular formula is C14H10N4O2S. The molecule has 0 saturated carbocycles. The van der Waals surface area contributed by atoms with Gasteiger partial charge in [-0.3, -0.25) is 4.98 Å². The summed E-state index contributed by atoms with van der Waals surface area (Å²) in [5.74, 6) is -0.490. The molecular weight excluding hydrogens is 288 g/mol. The van der Waals surface area contributed by atoms with Crippen molar-refractivity contribution in [1.29, 1.82) is 0 Å². The monoisotopic (exact) mass is 298 g/mol. The molecule has 104 valence electrons. The number of nitrogens with zero attached hydrogens (tertiary/aromatic N) is 1.